The number of carbonyl (C=O) groups is 1. The molecule has 1 amide bonds. The summed E-state index contributed by atoms with van der Waals surface area (Å²) in [6.45, 7) is 2.87. The highest BCUT2D eigenvalue weighted by atomic mass is 16.5. The molecule has 1 aliphatic rings. The van der Waals surface area contributed by atoms with E-state index >= 15 is 0 Å². The van der Waals surface area contributed by atoms with Gasteiger partial charge < -0.3 is 15.3 Å². The van der Waals surface area contributed by atoms with Crippen molar-refractivity contribution in [3.63, 3.8) is 0 Å². The monoisotopic (exact) mass is 248 g/mol. The zero-order chi connectivity index (χ0) is 13.0. The molecule has 2 N–H and O–H groups in total. The van der Waals surface area contributed by atoms with E-state index in [4.69, 9.17) is 9.94 Å². The van der Waals surface area contributed by atoms with E-state index in [2.05, 4.69) is 10.5 Å². The summed E-state index contributed by atoms with van der Waals surface area (Å²) in [6.07, 6.45) is 0.778. The van der Waals surface area contributed by atoms with Crippen LogP contribution in [0.1, 0.15) is 18.9 Å². The number of benzene rings is 1. The first-order chi connectivity index (χ1) is 8.70. The van der Waals surface area contributed by atoms with E-state index < -0.39 is 0 Å². The number of nitrogens with one attached hydrogen (secondary N) is 1. The number of hydrogen-bond donors (Lipinski definition) is 2. The average Bonchev–Trinajstić information content (AvgIpc) is 2.92. The van der Waals surface area contributed by atoms with Gasteiger partial charge in [0.25, 0.3) is 0 Å². The fourth-order valence-corrected chi connectivity index (χ4v) is 1.84. The van der Waals surface area contributed by atoms with Crippen LogP contribution < -0.4 is 5.32 Å². The third-order valence-corrected chi connectivity index (χ3v) is 3.02. The lowest BCUT2D eigenvalue weighted by Gasteiger charge is -2.09. The van der Waals surface area contributed by atoms with E-state index in [0.717, 1.165) is 17.7 Å². The van der Waals surface area contributed by atoms with Crippen molar-refractivity contribution in [3.8, 4) is 0 Å². The second-order valence-electron chi connectivity index (χ2n) is 4.31. The summed E-state index contributed by atoms with van der Waals surface area (Å²) in [7, 11) is 0. The molecule has 2 rings (SSSR count). The minimum Gasteiger partial charge on any atom is -0.411 e. The minimum absolute atomic E-state index is 0.00667. The predicted octanol–water partition coefficient (Wildman–Crippen LogP) is 1.86. The standard InChI is InChI=1S/C13H16N2O3/c1-9(15-17)10-2-4-12(5-3-10)14-13(16)11-6-7-18-8-11/h2-5,11,17H,6-8H2,1H3,(H,14,16)/b15-9-. The Morgan fingerprint density at radius 3 is 2.72 bits per heavy atom. The molecule has 0 bridgehead atoms. The predicted molar refractivity (Wildman–Crippen MR) is 68.0 cm³/mol. The number of amides is 1. The van der Waals surface area contributed by atoms with E-state index in [1.807, 2.05) is 0 Å². The first-order valence-corrected chi connectivity index (χ1v) is 5.88. The molecule has 18 heavy (non-hydrogen) atoms. The number of nitrogens with zero attached hydrogens (tertiary/aromatic N) is 1. The third-order valence-electron chi connectivity index (χ3n) is 3.02. The van der Waals surface area contributed by atoms with E-state index in [1.54, 1.807) is 31.2 Å². The fraction of sp³-hybridized carbons (Fsp3) is 0.385. The van der Waals surface area contributed by atoms with Crippen molar-refractivity contribution in [2.24, 2.45) is 11.1 Å². The molecule has 1 saturated heterocycles. The Balaban J connectivity index is 1.99. The van der Waals surface area contributed by atoms with Crippen molar-refractivity contribution in [2.45, 2.75) is 13.3 Å². The molecule has 1 aliphatic heterocycles. The van der Waals surface area contributed by atoms with E-state index in [9.17, 15) is 4.79 Å². The van der Waals surface area contributed by atoms with Crippen LogP contribution in [0.25, 0.3) is 0 Å². The van der Waals surface area contributed by atoms with Gasteiger partial charge in [-0.3, -0.25) is 4.79 Å². The Bertz CT molecular complexity index is 448. The van der Waals surface area contributed by atoms with E-state index in [0.29, 0.717) is 18.9 Å². The quantitative estimate of drug-likeness (QED) is 0.487. The molecule has 1 aromatic carbocycles. The largest absolute Gasteiger partial charge is 0.411 e. The Morgan fingerprint density at radius 2 is 2.17 bits per heavy atom. The van der Waals surface area contributed by atoms with Crippen molar-refractivity contribution in [1.82, 2.24) is 0 Å². The molecule has 1 fully saturated rings. The maximum atomic E-state index is 11.8. The summed E-state index contributed by atoms with van der Waals surface area (Å²) in [5.41, 5.74) is 2.10. The number of anilines is 1. The van der Waals surface area contributed by atoms with Gasteiger partial charge >= 0.3 is 0 Å². The summed E-state index contributed by atoms with van der Waals surface area (Å²) in [5, 5.41) is 14.6. The van der Waals surface area contributed by atoms with Gasteiger partial charge in [0.15, 0.2) is 0 Å². The third kappa shape index (κ3) is 2.87. The summed E-state index contributed by atoms with van der Waals surface area (Å²) < 4.78 is 5.18. The van der Waals surface area contributed by atoms with Crippen LogP contribution in [0.3, 0.4) is 0 Å². The Kier molecular flexibility index (Phi) is 3.94. The van der Waals surface area contributed by atoms with Crippen molar-refractivity contribution in [1.29, 1.82) is 0 Å². The first-order valence-electron chi connectivity index (χ1n) is 5.88. The summed E-state index contributed by atoms with van der Waals surface area (Å²) >= 11 is 0. The molecule has 0 spiro atoms. The van der Waals surface area contributed by atoms with Gasteiger partial charge in [0.2, 0.25) is 5.91 Å². The molecule has 5 nitrogen and oxygen atoms in total. The zero-order valence-corrected chi connectivity index (χ0v) is 10.2. The van der Waals surface area contributed by atoms with Crippen molar-refractivity contribution >= 4 is 17.3 Å². The highest BCUT2D eigenvalue weighted by molar-refractivity contribution is 5.99. The fourth-order valence-electron chi connectivity index (χ4n) is 1.84. The number of hydrogen-bond acceptors (Lipinski definition) is 4. The van der Waals surface area contributed by atoms with Crippen LogP contribution in [0.15, 0.2) is 29.4 Å². The summed E-state index contributed by atoms with van der Waals surface area (Å²) in [4.78, 5) is 11.8. The van der Waals surface area contributed by atoms with Gasteiger partial charge in [-0.25, -0.2) is 0 Å². The number of carbonyl (C=O) groups excluding carboxylic acids is 1. The summed E-state index contributed by atoms with van der Waals surface area (Å²) in [5.74, 6) is -0.0572. The smallest absolute Gasteiger partial charge is 0.229 e. The normalized spacial score (nSPS) is 19.8. The first kappa shape index (κ1) is 12.6. The lowest BCUT2D eigenvalue weighted by Crippen LogP contribution is -2.22. The van der Waals surface area contributed by atoms with Crippen molar-refractivity contribution in [2.75, 3.05) is 18.5 Å². The Labute approximate surface area is 105 Å². The number of rotatable bonds is 3. The van der Waals surface area contributed by atoms with Crippen LogP contribution in [0.4, 0.5) is 5.69 Å². The van der Waals surface area contributed by atoms with Gasteiger partial charge in [0.05, 0.1) is 18.2 Å². The maximum Gasteiger partial charge on any atom is 0.229 e. The summed E-state index contributed by atoms with van der Waals surface area (Å²) in [6, 6.07) is 7.18. The van der Waals surface area contributed by atoms with Gasteiger partial charge in [-0.2, -0.15) is 0 Å². The van der Waals surface area contributed by atoms with Crippen LogP contribution in [-0.4, -0.2) is 30.0 Å². The molecular formula is C13H16N2O3. The lowest BCUT2D eigenvalue weighted by atomic mass is 10.1. The molecule has 0 aliphatic carbocycles. The maximum absolute atomic E-state index is 11.8. The molecule has 5 heteroatoms. The Hall–Kier alpha value is -1.88. The van der Waals surface area contributed by atoms with Gasteiger partial charge in [-0.05, 0) is 31.0 Å². The molecule has 0 radical (unpaired) electrons. The van der Waals surface area contributed by atoms with E-state index in [1.165, 1.54) is 0 Å². The van der Waals surface area contributed by atoms with Crippen LogP contribution >= 0.6 is 0 Å². The Morgan fingerprint density at radius 1 is 1.44 bits per heavy atom. The highest BCUT2D eigenvalue weighted by Gasteiger charge is 2.23. The van der Waals surface area contributed by atoms with Crippen LogP contribution in [0, 0.1) is 5.92 Å². The second kappa shape index (κ2) is 5.64. The molecule has 1 atom stereocenters. The zero-order valence-electron chi connectivity index (χ0n) is 10.2. The number of oxime groups is 1. The molecule has 96 valence electrons. The highest BCUT2D eigenvalue weighted by Crippen LogP contribution is 2.16. The molecule has 1 unspecified atom stereocenters. The SMILES string of the molecule is C/C(=N/O)c1ccc(NC(=O)C2CCOC2)cc1. The molecular weight excluding hydrogens is 232 g/mol. The van der Waals surface area contributed by atoms with Crippen LogP contribution in [0.5, 0.6) is 0 Å². The number of ether oxygens (including phenoxy) is 1. The molecule has 0 saturated carbocycles. The average molecular weight is 248 g/mol. The van der Waals surface area contributed by atoms with Crippen LogP contribution in [-0.2, 0) is 9.53 Å². The lowest BCUT2D eigenvalue weighted by molar-refractivity contribution is -0.119. The van der Waals surface area contributed by atoms with Gasteiger partial charge in [0, 0.05) is 12.3 Å². The molecule has 1 aromatic rings. The molecule has 0 aromatic heterocycles. The van der Waals surface area contributed by atoms with Crippen molar-refractivity contribution < 1.29 is 14.7 Å². The minimum atomic E-state index is -0.0505. The molecule has 1 heterocycles. The van der Waals surface area contributed by atoms with E-state index in [-0.39, 0.29) is 11.8 Å². The van der Waals surface area contributed by atoms with Gasteiger partial charge in [-0.1, -0.05) is 17.3 Å². The topological polar surface area (TPSA) is 70.9 Å². The van der Waals surface area contributed by atoms with Crippen LogP contribution in [0.2, 0.25) is 0 Å². The van der Waals surface area contributed by atoms with Gasteiger partial charge in [-0.15, -0.1) is 0 Å². The van der Waals surface area contributed by atoms with Crippen molar-refractivity contribution in [3.05, 3.63) is 29.8 Å². The second-order valence-corrected chi connectivity index (χ2v) is 4.31. The van der Waals surface area contributed by atoms with Gasteiger partial charge in [0.1, 0.15) is 0 Å².